The number of nitrogens with zero attached hydrogens (tertiary/aromatic N) is 5. The van der Waals surface area contributed by atoms with Crippen molar-refractivity contribution in [2.45, 2.75) is 13.3 Å². The molecule has 0 spiro atoms. The number of carbonyl (C=O) groups is 1. The van der Waals surface area contributed by atoms with Crippen molar-refractivity contribution in [3.8, 4) is 0 Å². The molecule has 2 heterocycles. The second kappa shape index (κ2) is 8.70. The van der Waals surface area contributed by atoms with Gasteiger partial charge in [0.05, 0.1) is 6.20 Å². The van der Waals surface area contributed by atoms with Gasteiger partial charge in [0.25, 0.3) is 0 Å². The first-order valence-electron chi connectivity index (χ1n) is 8.54. The Labute approximate surface area is 157 Å². The summed E-state index contributed by atoms with van der Waals surface area (Å²) in [4.78, 5) is 21.6. The van der Waals surface area contributed by atoms with Gasteiger partial charge >= 0.3 is 0 Å². The van der Waals surface area contributed by atoms with Crippen molar-refractivity contribution < 1.29 is 4.79 Å². The van der Waals surface area contributed by atoms with E-state index in [1.807, 2.05) is 48.3 Å². The molecule has 3 aromatic rings. The first kappa shape index (κ1) is 18.2. The maximum absolute atomic E-state index is 11.1. The summed E-state index contributed by atoms with van der Waals surface area (Å²) in [6, 6.07) is 11.4. The fourth-order valence-electron chi connectivity index (χ4n) is 2.45. The average molecular weight is 363 g/mol. The summed E-state index contributed by atoms with van der Waals surface area (Å²) in [7, 11) is 1.93. The van der Waals surface area contributed by atoms with E-state index in [9.17, 15) is 4.79 Å². The van der Waals surface area contributed by atoms with Gasteiger partial charge < -0.3 is 15.5 Å². The number of pyridine rings is 1. The number of anilines is 4. The fraction of sp³-hybridized carbons (Fsp3) is 0.211. The van der Waals surface area contributed by atoms with Crippen LogP contribution in [0.15, 0.2) is 55.0 Å². The smallest absolute Gasteiger partial charge is 0.247 e. The second-order valence-electron chi connectivity index (χ2n) is 6.05. The molecule has 0 saturated carbocycles. The zero-order chi connectivity index (χ0) is 19.1. The molecule has 0 bridgehead atoms. The summed E-state index contributed by atoms with van der Waals surface area (Å²) in [5.74, 6) is 1.04. The summed E-state index contributed by atoms with van der Waals surface area (Å²) in [5.41, 5.74) is 2.79. The first-order valence-corrected chi connectivity index (χ1v) is 8.54. The van der Waals surface area contributed by atoms with Crippen LogP contribution in [0.3, 0.4) is 0 Å². The molecule has 0 saturated heterocycles. The van der Waals surface area contributed by atoms with Gasteiger partial charge in [0, 0.05) is 44.3 Å². The summed E-state index contributed by atoms with van der Waals surface area (Å²) >= 11 is 0. The Morgan fingerprint density at radius 2 is 1.78 bits per heavy atom. The van der Waals surface area contributed by atoms with Crippen molar-refractivity contribution >= 4 is 29.0 Å². The quantitative estimate of drug-likeness (QED) is 0.666. The Morgan fingerprint density at radius 3 is 2.48 bits per heavy atom. The third kappa shape index (κ3) is 5.46. The average Bonchev–Trinajstić information content (AvgIpc) is 2.68. The molecule has 1 aromatic carbocycles. The van der Waals surface area contributed by atoms with Gasteiger partial charge in [0.1, 0.15) is 0 Å². The number of likely N-dealkylation sites (N-methyl/N-ethyl adjacent to an activating group) is 1. The molecule has 0 aliphatic carbocycles. The normalized spacial score (nSPS) is 10.3. The molecule has 0 radical (unpaired) electrons. The van der Waals surface area contributed by atoms with Crippen molar-refractivity contribution in [1.29, 1.82) is 0 Å². The van der Waals surface area contributed by atoms with E-state index in [1.165, 1.54) is 12.5 Å². The lowest BCUT2D eigenvalue weighted by atomic mass is 10.2. The summed E-state index contributed by atoms with van der Waals surface area (Å²) < 4.78 is 0. The van der Waals surface area contributed by atoms with Crippen LogP contribution in [0.1, 0.15) is 12.5 Å². The highest BCUT2D eigenvalue weighted by atomic mass is 16.1. The van der Waals surface area contributed by atoms with Gasteiger partial charge in [-0.05, 0) is 48.4 Å². The Morgan fingerprint density at radius 1 is 1.07 bits per heavy atom. The molecule has 0 fully saturated rings. The molecule has 27 heavy (non-hydrogen) atoms. The van der Waals surface area contributed by atoms with E-state index in [2.05, 4.69) is 30.8 Å². The van der Waals surface area contributed by atoms with Crippen molar-refractivity contribution in [3.05, 3.63) is 60.6 Å². The topological polar surface area (TPSA) is 95.9 Å². The monoisotopic (exact) mass is 363 g/mol. The highest BCUT2D eigenvalue weighted by Crippen LogP contribution is 2.18. The van der Waals surface area contributed by atoms with Gasteiger partial charge in [-0.1, -0.05) is 0 Å². The van der Waals surface area contributed by atoms with Crippen LogP contribution in [0, 0.1) is 0 Å². The lowest BCUT2D eigenvalue weighted by Crippen LogP contribution is -2.23. The molecule has 3 rings (SSSR count). The van der Waals surface area contributed by atoms with Crippen LogP contribution < -0.4 is 15.5 Å². The molecule has 8 heteroatoms. The van der Waals surface area contributed by atoms with E-state index in [4.69, 9.17) is 0 Å². The first-order chi connectivity index (χ1) is 13.1. The molecular weight excluding hydrogens is 342 g/mol. The number of amides is 1. The molecule has 0 unspecified atom stereocenters. The van der Waals surface area contributed by atoms with E-state index in [0.717, 1.165) is 24.3 Å². The van der Waals surface area contributed by atoms with Gasteiger partial charge in [-0.15, -0.1) is 5.10 Å². The predicted molar refractivity (Wildman–Crippen MR) is 105 cm³/mol. The van der Waals surface area contributed by atoms with Crippen LogP contribution in [0.5, 0.6) is 0 Å². The summed E-state index contributed by atoms with van der Waals surface area (Å²) in [6.45, 7) is 2.24. The number of benzene rings is 1. The maximum Gasteiger partial charge on any atom is 0.247 e. The summed E-state index contributed by atoms with van der Waals surface area (Å²) in [6.07, 6.45) is 6.01. The predicted octanol–water partition coefficient (Wildman–Crippen LogP) is 2.65. The minimum atomic E-state index is -0.102. The molecule has 2 aromatic heterocycles. The van der Waals surface area contributed by atoms with Crippen LogP contribution in [-0.4, -0.2) is 39.7 Å². The van der Waals surface area contributed by atoms with Crippen LogP contribution in [0.25, 0.3) is 0 Å². The second-order valence-corrected chi connectivity index (χ2v) is 6.05. The number of hydrogen-bond acceptors (Lipinski definition) is 7. The minimum Gasteiger partial charge on any atom is -0.342 e. The summed E-state index contributed by atoms with van der Waals surface area (Å²) in [5, 5.41) is 14.1. The standard InChI is InChI=1S/C19H21N7O/c1-14(27)22-16-3-5-17(6-4-16)23-18-13-21-25-19(24-18)26(2)12-9-15-7-10-20-11-8-15/h3-8,10-11,13H,9,12H2,1-2H3,(H,22,27)(H,23,24,25). The molecule has 2 N–H and O–H groups in total. The van der Waals surface area contributed by atoms with Gasteiger partial charge in [-0.2, -0.15) is 10.1 Å². The Balaban J connectivity index is 1.61. The van der Waals surface area contributed by atoms with Crippen molar-refractivity contribution in [3.63, 3.8) is 0 Å². The zero-order valence-electron chi connectivity index (χ0n) is 15.3. The fourth-order valence-corrected chi connectivity index (χ4v) is 2.45. The van der Waals surface area contributed by atoms with Crippen LogP contribution in [-0.2, 0) is 11.2 Å². The molecule has 0 aliphatic heterocycles. The molecule has 1 amide bonds. The molecule has 138 valence electrons. The molecule has 0 aliphatic rings. The van der Waals surface area contributed by atoms with E-state index >= 15 is 0 Å². The number of rotatable bonds is 7. The largest absolute Gasteiger partial charge is 0.342 e. The lowest BCUT2D eigenvalue weighted by Gasteiger charge is -2.17. The number of hydrogen-bond donors (Lipinski definition) is 2. The number of nitrogens with one attached hydrogen (secondary N) is 2. The van der Waals surface area contributed by atoms with Gasteiger partial charge in [-0.3, -0.25) is 9.78 Å². The third-order valence-corrected chi connectivity index (χ3v) is 3.85. The van der Waals surface area contributed by atoms with E-state index in [0.29, 0.717) is 11.8 Å². The highest BCUT2D eigenvalue weighted by Gasteiger charge is 2.07. The Bertz CT molecular complexity index is 884. The van der Waals surface area contributed by atoms with E-state index in [-0.39, 0.29) is 5.91 Å². The third-order valence-electron chi connectivity index (χ3n) is 3.85. The van der Waals surface area contributed by atoms with E-state index < -0.39 is 0 Å². The highest BCUT2D eigenvalue weighted by molar-refractivity contribution is 5.88. The van der Waals surface area contributed by atoms with Crippen LogP contribution in [0.2, 0.25) is 0 Å². The van der Waals surface area contributed by atoms with Crippen molar-refractivity contribution in [1.82, 2.24) is 20.2 Å². The minimum absolute atomic E-state index is 0.102. The number of carbonyl (C=O) groups excluding carboxylic acids is 1. The van der Waals surface area contributed by atoms with Gasteiger partial charge in [0.15, 0.2) is 5.82 Å². The van der Waals surface area contributed by atoms with Crippen LogP contribution in [0.4, 0.5) is 23.1 Å². The van der Waals surface area contributed by atoms with Crippen molar-refractivity contribution in [2.75, 3.05) is 29.1 Å². The van der Waals surface area contributed by atoms with Gasteiger partial charge in [-0.25, -0.2) is 0 Å². The van der Waals surface area contributed by atoms with Gasteiger partial charge in [0.2, 0.25) is 11.9 Å². The SMILES string of the molecule is CC(=O)Nc1ccc(Nc2cnnc(N(C)CCc3ccncc3)n2)cc1. The Hall–Kier alpha value is -3.55. The number of aromatic nitrogens is 4. The molecular formula is C19H21N7O. The van der Waals surface area contributed by atoms with E-state index in [1.54, 1.807) is 18.6 Å². The zero-order valence-corrected chi connectivity index (χ0v) is 15.3. The Kier molecular flexibility index (Phi) is 5.88. The van der Waals surface area contributed by atoms with Crippen LogP contribution >= 0.6 is 0 Å². The molecule has 8 nitrogen and oxygen atoms in total. The lowest BCUT2D eigenvalue weighted by molar-refractivity contribution is -0.114. The molecule has 0 atom stereocenters. The maximum atomic E-state index is 11.1. The van der Waals surface area contributed by atoms with Crippen molar-refractivity contribution in [2.24, 2.45) is 0 Å².